The van der Waals surface area contributed by atoms with Gasteiger partial charge in [-0.25, -0.2) is 4.39 Å². The molecule has 1 aromatic rings. The Balaban J connectivity index is 2.94. The highest BCUT2D eigenvalue weighted by Gasteiger charge is 2.08. The molecule has 0 unspecified atom stereocenters. The molecule has 0 amide bonds. The van der Waals surface area contributed by atoms with Crippen LogP contribution in [-0.2, 0) is 0 Å². The fraction of sp³-hybridized carbons (Fsp3) is 0.364. The van der Waals surface area contributed by atoms with Crippen molar-refractivity contribution in [3.05, 3.63) is 29.6 Å². The van der Waals surface area contributed by atoms with Crippen molar-refractivity contribution in [1.82, 2.24) is 0 Å². The van der Waals surface area contributed by atoms with Crippen LogP contribution in [0.15, 0.2) is 18.2 Å². The van der Waals surface area contributed by atoms with Crippen LogP contribution in [0.4, 0.5) is 4.39 Å². The average Bonchev–Trinajstić information content (AvgIpc) is 2.20. The van der Waals surface area contributed by atoms with Crippen molar-refractivity contribution in [2.45, 2.75) is 20.3 Å². The van der Waals surface area contributed by atoms with E-state index in [2.05, 4.69) is 0 Å². The van der Waals surface area contributed by atoms with Crippen molar-refractivity contribution in [3.8, 4) is 5.75 Å². The first-order chi connectivity index (χ1) is 6.69. The second-order valence-corrected chi connectivity index (χ2v) is 2.85. The molecule has 76 valence electrons. The van der Waals surface area contributed by atoms with Gasteiger partial charge in [0.05, 0.1) is 6.61 Å². The number of hydrogen-bond donors (Lipinski definition) is 0. The van der Waals surface area contributed by atoms with Crippen molar-refractivity contribution in [1.29, 1.82) is 0 Å². The van der Waals surface area contributed by atoms with Gasteiger partial charge in [0.15, 0.2) is 17.3 Å². The van der Waals surface area contributed by atoms with Gasteiger partial charge in [-0.2, -0.15) is 0 Å². The number of ether oxygens (including phenoxy) is 1. The van der Waals surface area contributed by atoms with Crippen LogP contribution in [0.25, 0.3) is 0 Å². The molecule has 0 spiro atoms. The minimum atomic E-state index is -0.480. The molecule has 0 aliphatic rings. The lowest BCUT2D eigenvalue weighted by molar-refractivity contribution is 0.0987. The topological polar surface area (TPSA) is 26.3 Å². The van der Waals surface area contributed by atoms with Crippen LogP contribution < -0.4 is 4.74 Å². The van der Waals surface area contributed by atoms with Gasteiger partial charge in [0.1, 0.15) is 0 Å². The van der Waals surface area contributed by atoms with Gasteiger partial charge in [0.25, 0.3) is 0 Å². The maximum absolute atomic E-state index is 13.3. The molecule has 0 atom stereocenters. The SMILES string of the molecule is CCOc1ccc(C(=O)CC)cc1F. The highest BCUT2D eigenvalue weighted by Crippen LogP contribution is 2.18. The van der Waals surface area contributed by atoms with Crippen LogP contribution in [0.5, 0.6) is 5.75 Å². The number of Topliss-reactive ketones (excluding diaryl/α,β-unsaturated/α-hetero) is 1. The van der Waals surface area contributed by atoms with Crippen molar-refractivity contribution in [2.75, 3.05) is 6.61 Å². The Kier molecular flexibility index (Phi) is 3.63. The standard InChI is InChI=1S/C11H13FO2/c1-3-10(13)8-5-6-11(14-4-2)9(12)7-8/h5-7H,3-4H2,1-2H3. The van der Waals surface area contributed by atoms with E-state index in [1.54, 1.807) is 19.9 Å². The second kappa shape index (κ2) is 4.74. The van der Waals surface area contributed by atoms with Crippen molar-refractivity contribution in [3.63, 3.8) is 0 Å². The van der Waals surface area contributed by atoms with E-state index in [0.29, 0.717) is 18.6 Å². The Morgan fingerprint density at radius 3 is 2.64 bits per heavy atom. The maximum atomic E-state index is 13.3. The lowest BCUT2D eigenvalue weighted by Crippen LogP contribution is -2.00. The van der Waals surface area contributed by atoms with Crippen LogP contribution in [0.3, 0.4) is 0 Å². The van der Waals surface area contributed by atoms with Crippen LogP contribution in [0, 0.1) is 5.82 Å². The van der Waals surface area contributed by atoms with Crippen LogP contribution in [0.1, 0.15) is 30.6 Å². The fourth-order valence-electron chi connectivity index (χ4n) is 1.15. The molecule has 0 saturated heterocycles. The summed E-state index contributed by atoms with van der Waals surface area (Å²) in [6.45, 7) is 3.94. The molecule has 1 rings (SSSR count). The zero-order chi connectivity index (χ0) is 10.6. The molecule has 3 heteroatoms. The van der Waals surface area contributed by atoms with Gasteiger partial charge < -0.3 is 4.74 Å². The highest BCUT2D eigenvalue weighted by atomic mass is 19.1. The highest BCUT2D eigenvalue weighted by molar-refractivity contribution is 5.95. The third-order valence-corrected chi connectivity index (χ3v) is 1.87. The van der Waals surface area contributed by atoms with Crippen molar-refractivity contribution in [2.24, 2.45) is 0 Å². The van der Waals surface area contributed by atoms with E-state index in [-0.39, 0.29) is 11.5 Å². The largest absolute Gasteiger partial charge is 0.491 e. The molecular formula is C11H13FO2. The predicted molar refractivity (Wildman–Crippen MR) is 52.2 cm³/mol. The maximum Gasteiger partial charge on any atom is 0.165 e. The van der Waals surface area contributed by atoms with E-state index in [4.69, 9.17) is 4.74 Å². The van der Waals surface area contributed by atoms with E-state index < -0.39 is 5.82 Å². The summed E-state index contributed by atoms with van der Waals surface area (Å²) in [6.07, 6.45) is 0.382. The molecule has 14 heavy (non-hydrogen) atoms. The molecule has 0 aliphatic carbocycles. The lowest BCUT2D eigenvalue weighted by Gasteiger charge is -2.05. The van der Waals surface area contributed by atoms with E-state index in [0.717, 1.165) is 0 Å². The van der Waals surface area contributed by atoms with Crippen LogP contribution in [0.2, 0.25) is 0 Å². The average molecular weight is 196 g/mol. The number of carbonyl (C=O) groups excluding carboxylic acids is 1. The summed E-state index contributed by atoms with van der Waals surface area (Å²) in [5.74, 6) is -0.349. The lowest BCUT2D eigenvalue weighted by atomic mass is 10.1. The molecular weight excluding hydrogens is 183 g/mol. The number of rotatable bonds is 4. The molecule has 2 nitrogen and oxygen atoms in total. The predicted octanol–water partition coefficient (Wildman–Crippen LogP) is 2.82. The van der Waals surface area contributed by atoms with Gasteiger partial charge in [-0.3, -0.25) is 4.79 Å². The van der Waals surface area contributed by atoms with Gasteiger partial charge >= 0.3 is 0 Å². The Labute approximate surface area is 82.7 Å². The first-order valence-electron chi connectivity index (χ1n) is 4.64. The molecule has 0 heterocycles. The summed E-state index contributed by atoms with van der Waals surface area (Å²) in [4.78, 5) is 11.2. The number of benzene rings is 1. The molecule has 0 radical (unpaired) electrons. The van der Waals surface area contributed by atoms with Crippen LogP contribution in [-0.4, -0.2) is 12.4 Å². The summed E-state index contributed by atoms with van der Waals surface area (Å²) >= 11 is 0. The molecule has 0 bridgehead atoms. The molecule has 0 saturated carbocycles. The molecule has 0 aromatic heterocycles. The van der Waals surface area contributed by atoms with E-state index in [9.17, 15) is 9.18 Å². The summed E-state index contributed by atoms with van der Waals surface area (Å²) < 4.78 is 18.3. The summed E-state index contributed by atoms with van der Waals surface area (Å²) in [5.41, 5.74) is 0.397. The second-order valence-electron chi connectivity index (χ2n) is 2.85. The Morgan fingerprint density at radius 2 is 2.14 bits per heavy atom. The van der Waals surface area contributed by atoms with Crippen molar-refractivity contribution >= 4 is 5.78 Å². The third kappa shape index (κ3) is 2.31. The first kappa shape index (κ1) is 10.7. The van der Waals surface area contributed by atoms with Gasteiger partial charge in [0.2, 0.25) is 0 Å². The van der Waals surface area contributed by atoms with Crippen molar-refractivity contribution < 1.29 is 13.9 Å². The zero-order valence-electron chi connectivity index (χ0n) is 8.34. The Bertz CT molecular complexity index is 334. The van der Waals surface area contributed by atoms with Gasteiger partial charge in [-0.05, 0) is 25.1 Å². The number of ketones is 1. The Morgan fingerprint density at radius 1 is 1.43 bits per heavy atom. The van der Waals surface area contributed by atoms with Gasteiger partial charge in [-0.1, -0.05) is 6.92 Å². The first-order valence-corrected chi connectivity index (χ1v) is 4.64. The Hall–Kier alpha value is -1.38. The summed E-state index contributed by atoms with van der Waals surface area (Å²) in [6, 6.07) is 4.29. The zero-order valence-corrected chi connectivity index (χ0v) is 8.34. The third-order valence-electron chi connectivity index (χ3n) is 1.87. The normalized spacial score (nSPS) is 9.93. The van der Waals surface area contributed by atoms with E-state index >= 15 is 0 Å². The number of halogens is 1. The number of hydrogen-bond acceptors (Lipinski definition) is 2. The molecule has 0 fully saturated rings. The van der Waals surface area contributed by atoms with Gasteiger partial charge in [0, 0.05) is 12.0 Å². The summed E-state index contributed by atoms with van der Waals surface area (Å²) in [7, 11) is 0. The number of carbonyl (C=O) groups is 1. The molecule has 1 aromatic carbocycles. The minimum absolute atomic E-state index is 0.0630. The molecule has 0 aliphatic heterocycles. The molecule has 0 N–H and O–H groups in total. The van der Waals surface area contributed by atoms with E-state index in [1.807, 2.05) is 0 Å². The van der Waals surface area contributed by atoms with E-state index in [1.165, 1.54) is 12.1 Å². The van der Waals surface area contributed by atoms with Gasteiger partial charge in [-0.15, -0.1) is 0 Å². The monoisotopic (exact) mass is 196 g/mol. The fourth-order valence-corrected chi connectivity index (χ4v) is 1.15. The summed E-state index contributed by atoms with van der Waals surface area (Å²) in [5, 5.41) is 0. The smallest absolute Gasteiger partial charge is 0.165 e. The quantitative estimate of drug-likeness (QED) is 0.692. The minimum Gasteiger partial charge on any atom is -0.491 e. The van der Waals surface area contributed by atoms with Crippen LogP contribution >= 0.6 is 0 Å².